The number of fused-ring (bicyclic) bond motifs is 1. The number of carbonyl (C=O) groups excluding carboxylic acids is 5. The molecule has 148 valence electrons. The average molecular weight is 386 g/mol. The molecule has 8 nitrogen and oxygen atoms in total. The molecule has 2 fully saturated rings. The van der Waals surface area contributed by atoms with Gasteiger partial charge in [0.1, 0.15) is 0 Å². The first kappa shape index (κ1) is 19.7. The highest BCUT2D eigenvalue weighted by molar-refractivity contribution is 6.06. The van der Waals surface area contributed by atoms with E-state index < -0.39 is 24.4 Å². The number of amides is 4. The summed E-state index contributed by atoms with van der Waals surface area (Å²) < 4.78 is 4.84. The molecule has 0 spiro atoms. The summed E-state index contributed by atoms with van der Waals surface area (Å²) in [4.78, 5) is 61.2. The maximum atomic E-state index is 12.3. The van der Waals surface area contributed by atoms with Crippen molar-refractivity contribution in [3.8, 4) is 0 Å². The summed E-state index contributed by atoms with van der Waals surface area (Å²) >= 11 is 0. The minimum Gasteiger partial charge on any atom is -0.456 e. The van der Waals surface area contributed by atoms with Crippen LogP contribution < -0.4 is 5.32 Å². The highest BCUT2D eigenvalue weighted by Crippen LogP contribution is 2.37. The SMILES string of the molecule is O=C(COC(=O)CCN1C(=O)[C@@H]2CCCC[C@H]2C1=O)NC(=O)c1ccccc1. The van der Waals surface area contributed by atoms with Gasteiger partial charge in [-0.3, -0.25) is 34.2 Å². The van der Waals surface area contributed by atoms with Crippen molar-refractivity contribution in [3.05, 3.63) is 35.9 Å². The van der Waals surface area contributed by atoms with Crippen LogP contribution in [0.2, 0.25) is 0 Å². The monoisotopic (exact) mass is 386 g/mol. The van der Waals surface area contributed by atoms with E-state index in [2.05, 4.69) is 5.32 Å². The van der Waals surface area contributed by atoms with Crippen LogP contribution in [-0.4, -0.2) is 47.6 Å². The molecule has 28 heavy (non-hydrogen) atoms. The van der Waals surface area contributed by atoms with Gasteiger partial charge in [0, 0.05) is 12.1 Å². The molecule has 1 N–H and O–H groups in total. The van der Waals surface area contributed by atoms with E-state index in [0.29, 0.717) is 18.4 Å². The zero-order valence-electron chi connectivity index (χ0n) is 15.4. The molecule has 1 heterocycles. The molecule has 0 unspecified atom stereocenters. The number of likely N-dealkylation sites (tertiary alicyclic amines) is 1. The molecule has 2 aliphatic rings. The molecule has 1 saturated heterocycles. The number of benzene rings is 1. The Bertz CT molecular complexity index is 767. The second kappa shape index (κ2) is 8.77. The van der Waals surface area contributed by atoms with Gasteiger partial charge in [-0.2, -0.15) is 0 Å². The number of nitrogens with zero attached hydrogens (tertiary/aromatic N) is 1. The van der Waals surface area contributed by atoms with Gasteiger partial charge >= 0.3 is 5.97 Å². The number of ether oxygens (including phenoxy) is 1. The zero-order chi connectivity index (χ0) is 20.1. The van der Waals surface area contributed by atoms with Crippen LogP contribution in [0.1, 0.15) is 42.5 Å². The van der Waals surface area contributed by atoms with Crippen LogP contribution >= 0.6 is 0 Å². The first-order chi connectivity index (χ1) is 13.5. The normalized spacial score (nSPS) is 21.2. The van der Waals surface area contributed by atoms with Crippen molar-refractivity contribution in [1.82, 2.24) is 10.2 Å². The minimum absolute atomic E-state index is 0.0476. The Morgan fingerprint density at radius 2 is 1.61 bits per heavy atom. The summed E-state index contributed by atoms with van der Waals surface area (Å²) in [5, 5.41) is 2.12. The number of esters is 1. The Hall–Kier alpha value is -3.03. The first-order valence-corrected chi connectivity index (χ1v) is 9.37. The third-order valence-corrected chi connectivity index (χ3v) is 5.13. The number of nitrogens with one attached hydrogen (secondary N) is 1. The summed E-state index contributed by atoms with van der Waals surface area (Å²) in [7, 11) is 0. The lowest BCUT2D eigenvalue weighted by atomic mass is 9.81. The predicted molar refractivity (Wildman–Crippen MR) is 96.7 cm³/mol. The van der Waals surface area contributed by atoms with Crippen molar-refractivity contribution in [2.75, 3.05) is 13.2 Å². The van der Waals surface area contributed by atoms with Crippen LogP contribution in [0.4, 0.5) is 0 Å². The van der Waals surface area contributed by atoms with Crippen LogP contribution in [-0.2, 0) is 23.9 Å². The summed E-state index contributed by atoms with van der Waals surface area (Å²) in [6.45, 7) is -0.654. The van der Waals surface area contributed by atoms with Gasteiger partial charge < -0.3 is 4.74 Å². The minimum atomic E-state index is -0.749. The largest absolute Gasteiger partial charge is 0.456 e. The fraction of sp³-hybridized carbons (Fsp3) is 0.450. The topological polar surface area (TPSA) is 110 Å². The predicted octanol–water partition coefficient (Wildman–Crippen LogP) is 1.05. The van der Waals surface area contributed by atoms with E-state index in [9.17, 15) is 24.0 Å². The molecular weight excluding hydrogens is 364 g/mol. The van der Waals surface area contributed by atoms with Gasteiger partial charge in [0.25, 0.3) is 11.8 Å². The zero-order valence-corrected chi connectivity index (χ0v) is 15.4. The van der Waals surface area contributed by atoms with Crippen molar-refractivity contribution in [2.24, 2.45) is 11.8 Å². The standard InChI is InChI=1S/C20H22N2O6/c23-16(21-18(25)13-6-2-1-3-7-13)12-28-17(24)10-11-22-19(26)14-8-4-5-9-15(14)20(22)27/h1-3,6-7,14-15H,4-5,8-12H2,(H,21,23,25)/t14-,15-/m1/s1. The Balaban J connectivity index is 1.41. The van der Waals surface area contributed by atoms with Gasteiger partial charge in [0.2, 0.25) is 11.8 Å². The van der Waals surface area contributed by atoms with Crippen LogP contribution in [0.5, 0.6) is 0 Å². The number of hydrogen-bond donors (Lipinski definition) is 1. The Kier molecular flexibility index (Phi) is 6.18. The quantitative estimate of drug-likeness (QED) is 0.578. The fourth-order valence-electron chi connectivity index (χ4n) is 3.70. The third kappa shape index (κ3) is 4.44. The van der Waals surface area contributed by atoms with E-state index in [4.69, 9.17) is 4.74 Å². The molecule has 0 aromatic heterocycles. The van der Waals surface area contributed by atoms with Gasteiger partial charge in [-0.25, -0.2) is 0 Å². The van der Waals surface area contributed by atoms with Crippen molar-refractivity contribution in [2.45, 2.75) is 32.1 Å². The summed E-state index contributed by atoms with van der Waals surface area (Å²) in [5.41, 5.74) is 0.315. The van der Waals surface area contributed by atoms with E-state index >= 15 is 0 Å². The fourth-order valence-corrected chi connectivity index (χ4v) is 3.70. The molecule has 8 heteroatoms. The second-order valence-electron chi connectivity index (χ2n) is 6.98. The van der Waals surface area contributed by atoms with E-state index in [1.807, 2.05) is 0 Å². The maximum absolute atomic E-state index is 12.3. The molecule has 0 radical (unpaired) electrons. The second-order valence-corrected chi connectivity index (χ2v) is 6.98. The molecule has 1 aliphatic carbocycles. The van der Waals surface area contributed by atoms with E-state index in [1.54, 1.807) is 30.3 Å². The van der Waals surface area contributed by atoms with Crippen molar-refractivity contribution in [3.63, 3.8) is 0 Å². The molecule has 3 rings (SSSR count). The lowest BCUT2D eigenvalue weighted by Gasteiger charge is -2.19. The van der Waals surface area contributed by atoms with Gasteiger partial charge in [0.15, 0.2) is 6.61 Å². The molecule has 0 bridgehead atoms. The first-order valence-electron chi connectivity index (χ1n) is 9.37. The molecular formula is C20H22N2O6. The van der Waals surface area contributed by atoms with Crippen LogP contribution in [0, 0.1) is 11.8 Å². The molecule has 1 aromatic carbocycles. The molecule has 1 saturated carbocycles. The number of rotatable bonds is 6. The third-order valence-electron chi connectivity index (χ3n) is 5.13. The Labute approximate surface area is 162 Å². The van der Waals surface area contributed by atoms with Crippen molar-refractivity contribution >= 4 is 29.6 Å². The molecule has 1 aliphatic heterocycles. The van der Waals surface area contributed by atoms with Crippen LogP contribution in [0.3, 0.4) is 0 Å². The summed E-state index contributed by atoms with van der Waals surface area (Å²) in [5.74, 6) is -2.99. The van der Waals surface area contributed by atoms with Crippen molar-refractivity contribution < 1.29 is 28.7 Å². The Morgan fingerprint density at radius 3 is 2.21 bits per heavy atom. The van der Waals surface area contributed by atoms with Crippen LogP contribution in [0.25, 0.3) is 0 Å². The summed E-state index contributed by atoms with van der Waals surface area (Å²) in [6, 6.07) is 8.17. The lowest BCUT2D eigenvalue weighted by Crippen LogP contribution is -2.35. The molecule has 4 amide bonds. The molecule has 1 aromatic rings. The number of hydrogen-bond acceptors (Lipinski definition) is 6. The van der Waals surface area contributed by atoms with Gasteiger partial charge in [-0.15, -0.1) is 0 Å². The average Bonchev–Trinajstić information content (AvgIpc) is 2.96. The van der Waals surface area contributed by atoms with E-state index in [-0.39, 0.29) is 36.6 Å². The highest BCUT2D eigenvalue weighted by Gasteiger charge is 2.47. The Morgan fingerprint density at radius 1 is 1.00 bits per heavy atom. The van der Waals surface area contributed by atoms with Gasteiger partial charge in [-0.1, -0.05) is 31.0 Å². The van der Waals surface area contributed by atoms with Gasteiger partial charge in [0.05, 0.1) is 18.3 Å². The van der Waals surface area contributed by atoms with Gasteiger partial charge in [-0.05, 0) is 25.0 Å². The lowest BCUT2D eigenvalue weighted by molar-refractivity contribution is -0.149. The van der Waals surface area contributed by atoms with Crippen LogP contribution in [0.15, 0.2) is 30.3 Å². The maximum Gasteiger partial charge on any atom is 0.308 e. The van der Waals surface area contributed by atoms with E-state index in [1.165, 1.54) is 0 Å². The number of carbonyl (C=O) groups is 5. The summed E-state index contributed by atoms with van der Waals surface area (Å²) in [6.07, 6.45) is 3.12. The highest BCUT2D eigenvalue weighted by atomic mass is 16.5. The smallest absolute Gasteiger partial charge is 0.308 e. The molecule has 2 atom stereocenters. The number of imide groups is 2. The van der Waals surface area contributed by atoms with E-state index in [0.717, 1.165) is 17.7 Å². The van der Waals surface area contributed by atoms with Crippen molar-refractivity contribution in [1.29, 1.82) is 0 Å².